The number of aryl methyl sites for hydroxylation is 3. The minimum Gasteiger partial charge on any atom is -0.493 e. The van der Waals surface area contributed by atoms with Gasteiger partial charge in [-0.25, -0.2) is 8.42 Å². The molecule has 0 spiro atoms. The van der Waals surface area contributed by atoms with E-state index in [2.05, 4.69) is 37.3 Å². The molecule has 152 valence electrons. The lowest BCUT2D eigenvalue weighted by atomic mass is 10.00. The van der Waals surface area contributed by atoms with Crippen LogP contribution in [-0.2, 0) is 28.4 Å². The number of benzene rings is 2. The third kappa shape index (κ3) is 5.60. The number of sulfone groups is 1. The van der Waals surface area contributed by atoms with Gasteiger partial charge in [-0.05, 0) is 93.7 Å². The van der Waals surface area contributed by atoms with Crippen molar-refractivity contribution in [1.82, 2.24) is 0 Å². The van der Waals surface area contributed by atoms with Crippen molar-refractivity contribution >= 4 is 9.84 Å². The molecule has 0 atom stereocenters. The largest absolute Gasteiger partial charge is 0.493 e. The fraction of sp³-hybridized carbons (Fsp3) is 0.500. The Morgan fingerprint density at radius 1 is 0.964 bits per heavy atom. The SMILES string of the molecule is Cc1cc(OCC2CC2)ccc1CCc1ccc(CS(=O)(=O)C(C)(C)C)cc1. The Labute approximate surface area is 170 Å². The fourth-order valence-electron chi connectivity index (χ4n) is 3.05. The van der Waals surface area contributed by atoms with Crippen molar-refractivity contribution in [3.8, 4) is 5.75 Å². The van der Waals surface area contributed by atoms with Gasteiger partial charge in [-0.3, -0.25) is 0 Å². The van der Waals surface area contributed by atoms with E-state index in [1.54, 1.807) is 20.8 Å². The number of rotatable bonds is 8. The van der Waals surface area contributed by atoms with Gasteiger partial charge < -0.3 is 4.74 Å². The molecule has 0 aromatic heterocycles. The van der Waals surface area contributed by atoms with E-state index in [1.165, 1.54) is 29.5 Å². The normalized spacial score (nSPS) is 14.9. The van der Waals surface area contributed by atoms with E-state index in [1.807, 2.05) is 12.1 Å². The second-order valence-corrected chi connectivity index (χ2v) is 11.8. The van der Waals surface area contributed by atoms with Crippen LogP contribution in [0.1, 0.15) is 55.9 Å². The molecule has 3 nitrogen and oxygen atoms in total. The average Bonchev–Trinajstić information content (AvgIpc) is 3.43. The highest BCUT2D eigenvalue weighted by atomic mass is 32.2. The van der Waals surface area contributed by atoms with Crippen molar-refractivity contribution < 1.29 is 13.2 Å². The lowest BCUT2D eigenvalue weighted by Gasteiger charge is -2.19. The van der Waals surface area contributed by atoms with Gasteiger partial charge in [-0.1, -0.05) is 30.3 Å². The van der Waals surface area contributed by atoms with E-state index in [-0.39, 0.29) is 5.75 Å². The highest BCUT2D eigenvalue weighted by Crippen LogP contribution is 2.30. The number of hydrogen-bond donors (Lipinski definition) is 0. The maximum Gasteiger partial charge on any atom is 0.159 e. The van der Waals surface area contributed by atoms with Gasteiger partial charge in [-0.15, -0.1) is 0 Å². The summed E-state index contributed by atoms with van der Waals surface area (Å²) < 4.78 is 29.8. The Bertz CT molecular complexity index is 902. The zero-order valence-electron chi connectivity index (χ0n) is 17.5. The summed E-state index contributed by atoms with van der Waals surface area (Å²) in [6, 6.07) is 14.4. The van der Waals surface area contributed by atoms with Gasteiger partial charge in [0.15, 0.2) is 9.84 Å². The lowest BCUT2D eigenvalue weighted by molar-refractivity contribution is 0.299. The first-order valence-electron chi connectivity index (χ1n) is 10.2. The van der Waals surface area contributed by atoms with Crippen LogP contribution >= 0.6 is 0 Å². The van der Waals surface area contributed by atoms with Gasteiger partial charge in [-0.2, -0.15) is 0 Å². The van der Waals surface area contributed by atoms with Crippen molar-refractivity contribution in [2.24, 2.45) is 5.92 Å². The van der Waals surface area contributed by atoms with E-state index in [0.29, 0.717) is 0 Å². The summed E-state index contributed by atoms with van der Waals surface area (Å²) in [5.74, 6) is 1.83. The molecule has 0 amide bonds. The minimum absolute atomic E-state index is 0.0954. The van der Waals surface area contributed by atoms with Crippen LogP contribution in [0, 0.1) is 12.8 Å². The molecular weight excluding hydrogens is 368 g/mol. The summed E-state index contributed by atoms with van der Waals surface area (Å²) >= 11 is 0. The molecule has 4 heteroatoms. The first-order valence-corrected chi connectivity index (χ1v) is 11.8. The van der Waals surface area contributed by atoms with Gasteiger partial charge in [0.25, 0.3) is 0 Å². The topological polar surface area (TPSA) is 43.4 Å². The molecule has 1 aliphatic rings. The quantitative estimate of drug-likeness (QED) is 0.605. The molecule has 1 saturated carbocycles. The van der Waals surface area contributed by atoms with Crippen molar-refractivity contribution in [3.05, 3.63) is 64.7 Å². The lowest BCUT2D eigenvalue weighted by Crippen LogP contribution is -2.29. The molecular formula is C24H32O3S. The van der Waals surface area contributed by atoms with Crippen molar-refractivity contribution in [1.29, 1.82) is 0 Å². The molecule has 0 bridgehead atoms. The molecule has 0 heterocycles. The van der Waals surface area contributed by atoms with E-state index >= 15 is 0 Å². The first-order chi connectivity index (χ1) is 13.1. The maximum absolute atomic E-state index is 12.4. The number of ether oxygens (including phenoxy) is 1. The molecule has 2 aromatic rings. The Morgan fingerprint density at radius 2 is 1.61 bits per heavy atom. The third-order valence-electron chi connectivity index (χ3n) is 5.49. The van der Waals surface area contributed by atoms with Crippen LogP contribution < -0.4 is 4.74 Å². The summed E-state index contributed by atoms with van der Waals surface area (Å²) in [5.41, 5.74) is 4.68. The molecule has 1 fully saturated rings. The summed E-state index contributed by atoms with van der Waals surface area (Å²) in [4.78, 5) is 0. The van der Waals surface area contributed by atoms with Crippen LogP contribution in [0.25, 0.3) is 0 Å². The van der Waals surface area contributed by atoms with Crippen molar-refractivity contribution in [2.75, 3.05) is 6.61 Å². The molecule has 3 rings (SSSR count). The maximum atomic E-state index is 12.4. The Kier molecular flexibility index (Phi) is 6.18. The van der Waals surface area contributed by atoms with E-state index in [4.69, 9.17) is 4.74 Å². The second-order valence-electron chi connectivity index (χ2n) is 9.03. The Balaban J connectivity index is 1.56. The van der Waals surface area contributed by atoms with Crippen LogP contribution in [0.4, 0.5) is 0 Å². The predicted octanol–water partition coefficient (Wildman–Crippen LogP) is 5.28. The minimum atomic E-state index is -3.15. The fourth-order valence-corrected chi connectivity index (χ4v) is 4.12. The third-order valence-corrected chi connectivity index (χ3v) is 8.07. The molecule has 0 saturated heterocycles. The Morgan fingerprint density at radius 3 is 2.18 bits per heavy atom. The molecule has 0 unspecified atom stereocenters. The molecule has 1 aliphatic carbocycles. The van der Waals surface area contributed by atoms with Crippen LogP contribution in [0.15, 0.2) is 42.5 Å². The zero-order valence-corrected chi connectivity index (χ0v) is 18.3. The van der Waals surface area contributed by atoms with E-state index in [0.717, 1.165) is 36.7 Å². The molecule has 0 N–H and O–H groups in total. The molecule has 0 aliphatic heterocycles. The predicted molar refractivity (Wildman–Crippen MR) is 116 cm³/mol. The molecule has 0 radical (unpaired) electrons. The van der Waals surface area contributed by atoms with Gasteiger partial charge in [0.1, 0.15) is 5.75 Å². The molecule has 28 heavy (non-hydrogen) atoms. The monoisotopic (exact) mass is 400 g/mol. The smallest absolute Gasteiger partial charge is 0.159 e. The van der Waals surface area contributed by atoms with Crippen LogP contribution in [0.2, 0.25) is 0 Å². The van der Waals surface area contributed by atoms with Gasteiger partial charge in [0, 0.05) is 0 Å². The second kappa shape index (κ2) is 8.28. The van der Waals surface area contributed by atoms with Gasteiger partial charge >= 0.3 is 0 Å². The zero-order chi connectivity index (χ0) is 20.4. The Hall–Kier alpha value is -1.81. The molecule has 2 aromatic carbocycles. The summed E-state index contributed by atoms with van der Waals surface area (Å²) in [7, 11) is -3.15. The summed E-state index contributed by atoms with van der Waals surface area (Å²) in [6.07, 6.45) is 4.51. The first kappa shape index (κ1) is 20.9. The number of hydrogen-bond acceptors (Lipinski definition) is 3. The summed E-state index contributed by atoms with van der Waals surface area (Å²) in [5, 5.41) is 0. The van der Waals surface area contributed by atoms with E-state index < -0.39 is 14.6 Å². The van der Waals surface area contributed by atoms with Crippen LogP contribution in [-0.4, -0.2) is 19.8 Å². The highest BCUT2D eigenvalue weighted by Gasteiger charge is 2.28. The average molecular weight is 401 g/mol. The van der Waals surface area contributed by atoms with Crippen molar-refractivity contribution in [2.45, 2.75) is 63.9 Å². The highest BCUT2D eigenvalue weighted by molar-refractivity contribution is 7.91. The van der Waals surface area contributed by atoms with Crippen LogP contribution in [0.3, 0.4) is 0 Å². The van der Waals surface area contributed by atoms with Gasteiger partial charge in [0.05, 0.1) is 17.1 Å². The van der Waals surface area contributed by atoms with E-state index in [9.17, 15) is 8.42 Å². The standard InChI is InChI=1S/C24H32O3S/c1-18-15-23(27-16-20-7-8-20)14-13-22(18)12-11-19-5-9-21(10-6-19)17-28(25,26)24(2,3)4/h5-6,9-10,13-15,20H,7-8,11-12,16-17H2,1-4H3. The summed E-state index contributed by atoms with van der Waals surface area (Å²) in [6.45, 7) is 8.24. The van der Waals surface area contributed by atoms with Gasteiger partial charge in [0.2, 0.25) is 0 Å². The van der Waals surface area contributed by atoms with Crippen molar-refractivity contribution in [3.63, 3.8) is 0 Å². The van der Waals surface area contributed by atoms with Crippen LogP contribution in [0.5, 0.6) is 5.75 Å².